The van der Waals surface area contributed by atoms with Gasteiger partial charge in [-0.3, -0.25) is 9.59 Å². The van der Waals surface area contributed by atoms with Gasteiger partial charge < -0.3 is 24.8 Å². The van der Waals surface area contributed by atoms with Crippen LogP contribution in [-0.2, 0) is 25.7 Å². The number of nitrogens with one attached hydrogen (secondary N) is 1. The van der Waals surface area contributed by atoms with Crippen LogP contribution in [0.15, 0.2) is 78.9 Å². The van der Waals surface area contributed by atoms with Crippen molar-refractivity contribution in [1.29, 1.82) is 0 Å². The zero-order chi connectivity index (χ0) is 26.6. The van der Waals surface area contributed by atoms with Gasteiger partial charge in [-0.15, -0.1) is 0 Å². The fraction of sp³-hybridized carbons (Fsp3) is 0.300. The Morgan fingerprint density at radius 1 is 0.921 bits per heavy atom. The number of carbonyl (C=O) groups excluding carboxylic acids is 2. The van der Waals surface area contributed by atoms with Crippen molar-refractivity contribution >= 4 is 18.0 Å². The molecule has 0 radical (unpaired) electrons. The van der Waals surface area contributed by atoms with Crippen molar-refractivity contribution in [3.63, 3.8) is 0 Å². The Bertz CT molecular complexity index is 1280. The number of fused-ring (bicyclic) bond motifs is 3. The molecular weight excluding hydrogens is 484 g/mol. The summed E-state index contributed by atoms with van der Waals surface area (Å²) in [5, 5.41) is 11.9. The van der Waals surface area contributed by atoms with Crippen molar-refractivity contribution in [2.45, 2.75) is 31.6 Å². The molecule has 0 spiro atoms. The van der Waals surface area contributed by atoms with Crippen LogP contribution in [0, 0.1) is 5.92 Å². The van der Waals surface area contributed by atoms with Crippen molar-refractivity contribution in [3.8, 4) is 11.1 Å². The predicted molar refractivity (Wildman–Crippen MR) is 140 cm³/mol. The second kappa shape index (κ2) is 11.1. The molecular formula is C30H30N2O6. The molecule has 196 valence electrons. The summed E-state index contributed by atoms with van der Waals surface area (Å²) in [5.41, 5.74) is 5.36. The predicted octanol–water partition coefficient (Wildman–Crippen LogP) is 4.04. The lowest BCUT2D eigenvalue weighted by molar-refractivity contribution is -0.155. The van der Waals surface area contributed by atoms with Gasteiger partial charge >= 0.3 is 12.1 Å². The molecule has 1 aliphatic heterocycles. The lowest BCUT2D eigenvalue weighted by Gasteiger charge is -2.39. The van der Waals surface area contributed by atoms with Gasteiger partial charge in [-0.05, 0) is 34.7 Å². The van der Waals surface area contributed by atoms with Crippen LogP contribution in [-0.4, -0.2) is 59.8 Å². The molecule has 3 aromatic carbocycles. The van der Waals surface area contributed by atoms with Gasteiger partial charge in [-0.2, -0.15) is 0 Å². The van der Waals surface area contributed by atoms with Crippen LogP contribution in [0.2, 0.25) is 0 Å². The van der Waals surface area contributed by atoms with Gasteiger partial charge in [-0.25, -0.2) is 4.79 Å². The number of hydrogen-bond donors (Lipinski definition) is 2. The number of carboxylic acids is 1. The third-order valence-electron chi connectivity index (χ3n) is 7.25. The molecule has 2 unspecified atom stereocenters. The van der Waals surface area contributed by atoms with E-state index in [4.69, 9.17) is 9.47 Å². The molecule has 0 saturated carbocycles. The average Bonchev–Trinajstić information content (AvgIpc) is 3.22. The number of aliphatic carboxylic acids is 1. The Balaban J connectivity index is 1.26. The minimum atomic E-state index is -1.02. The van der Waals surface area contributed by atoms with Gasteiger partial charge in [0, 0.05) is 19.0 Å². The van der Waals surface area contributed by atoms with Crippen molar-refractivity contribution in [2.24, 2.45) is 5.92 Å². The molecule has 5 rings (SSSR count). The van der Waals surface area contributed by atoms with Crippen LogP contribution in [0.3, 0.4) is 0 Å². The summed E-state index contributed by atoms with van der Waals surface area (Å²) in [4.78, 5) is 38.9. The van der Waals surface area contributed by atoms with Crippen LogP contribution < -0.4 is 5.32 Å². The first-order valence-corrected chi connectivity index (χ1v) is 12.7. The molecule has 8 nitrogen and oxygen atoms in total. The number of rotatable bonds is 9. The largest absolute Gasteiger partial charge is 0.481 e. The minimum Gasteiger partial charge on any atom is -0.481 e. The van der Waals surface area contributed by atoms with E-state index in [1.54, 1.807) is 6.92 Å². The normalized spacial score (nSPS) is 16.1. The summed E-state index contributed by atoms with van der Waals surface area (Å²) in [7, 11) is 0. The highest BCUT2D eigenvalue weighted by Gasteiger charge is 2.41. The molecule has 2 aliphatic rings. The minimum absolute atomic E-state index is 0.0996. The lowest BCUT2D eigenvalue weighted by atomic mass is 9.98. The van der Waals surface area contributed by atoms with E-state index in [2.05, 4.69) is 17.4 Å². The molecule has 0 aromatic heterocycles. The van der Waals surface area contributed by atoms with Crippen molar-refractivity contribution < 1.29 is 29.0 Å². The molecule has 38 heavy (non-hydrogen) atoms. The molecule has 1 heterocycles. The maximum Gasteiger partial charge on any atom is 0.407 e. The first-order chi connectivity index (χ1) is 18.4. The zero-order valence-corrected chi connectivity index (χ0v) is 21.1. The maximum absolute atomic E-state index is 13.3. The Morgan fingerprint density at radius 2 is 1.50 bits per heavy atom. The number of amides is 2. The summed E-state index contributed by atoms with van der Waals surface area (Å²) in [6.45, 7) is 2.29. The van der Waals surface area contributed by atoms with Crippen LogP contribution in [0.1, 0.15) is 29.5 Å². The molecule has 1 saturated heterocycles. The fourth-order valence-corrected chi connectivity index (χ4v) is 5.06. The smallest absolute Gasteiger partial charge is 0.407 e. The summed E-state index contributed by atoms with van der Waals surface area (Å²) < 4.78 is 11.6. The summed E-state index contributed by atoms with van der Waals surface area (Å²) in [6.07, 6.45) is -1.40. The van der Waals surface area contributed by atoms with Crippen LogP contribution in [0.4, 0.5) is 4.79 Å². The van der Waals surface area contributed by atoms with Gasteiger partial charge in [0.2, 0.25) is 5.91 Å². The van der Waals surface area contributed by atoms with Gasteiger partial charge in [0.25, 0.3) is 0 Å². The molecule has 2 N–H and O–H groups in total. The van der Waals surface area contributed by atoms with Crippen molar-refractivity contribution in [2.75, 3.05) is 19.7 Å². The van der Waals surface area contributed by atoms with E-state index in [9.17, 15) is 19.5 Å². The standard InChI is InChI=1S/C30H30N2O6/c1-19(37-17-20-9-3-2-4-10-20)27(28(33)32-15-21(16-32)29(34)35)31-30(36)38-18-26-24-13-7-5-11-22(24)23-12-6-8-14-25(23)26/h2-14,19,21,26-27H,15-18H2,1H3,(H,31,36)(H,34,35). The molecule has 8 heteroatoms. The van der Waals surface area contributed by atoms with E-state index in [0.717, 1.165) is 27.8 Å². The number of ether oxygens (including phenoxy) is 2. The van der Waals surface area contributed by atoms with Crippen molar-refractivity contribution in [1.82, 2.24) is 10.2 Å². The van der Waals surface area contributed by atoms with E-state index in [1.807, 2.05) is 66.7 Å². The summed E-state index contributed by atoms with van der Waals surface area (Å²) in [5.74, 6) is -2.05. The Morgan fingerprint density at radius 3 is 2.11 bits per heavy atom. The van der Waals surface area contributed by atoms with Crippen molar-refractivity contribution in [3.05, 3.63) is 95.6 Å². The monoisotopic (exact) mass is 514 g/mol. The third-order valence-corrected chi connectivity index (χ3v) is 7.25. The van der Waals surface area contributed by atoms with Gasteiger partial charge in [0.1, 0.15) is 12.6 Å². The topological polar surface area (TPSA) is 105 Å². The van der Waals surface area contributed by atoms with E-state index in [-0.39, 0.29) is 32.2 Å². The zero-order valence-electron chi connectivity index (χ0n) is 21.1. The fourth-order valence-electron chi connectivity index (χ4n) is 5.06. The number of likely N-dealkylation sites (tertiary alicyclic amines) is 1. The SMILES string of the molecule is CC(OCc1ccccc1)C(NC(=O)OCC1c2ccccc2-c2ccccc21)C(=O)N1CC(C(=O)O)C1. The van der Waals surface area contributed by atoms with Gasteiger partial charge in [0.05, 0.1) is 18.6 Å². The molecule has 1 fully saturated rings. The van der Waals surface area contributed by atoms with E-state index < -0.39 is 36.0 Å². The first-order valence-electron chi connectivity index (χ1n) is 12.7. The van der Waals surface area contributed by atoms with Gasteiger partial charge in [0.15, 0.2) is 0 Å². The van der Waals surface area contributed by atoms with Crippen LogP contribution in [0.25, 0.3) is 11.1 Å². The quantitative estimate of drug-likeness (QED) is 0.447. The lowest BCUT2D eigenvalue weighted by Crippen LogP contribution is -2.61. The average molecular weight is 515 g/mol. The Hall–Kier alpha value is -4.17. The van der Waals surface area contributed by atoms with Gasteiger partial charge in [-0.1, -0.05) is 78.9 Å². The second-order valence-electron chi connectivity index (χ2n) is 9.73. The first kappa shape index (κ1) is 25.5. The highest BCUT2D eigenvalue weighted by atomic mass is 16.5. The molecule has 1 aliphatic carbocycles. The number of carboxylic acid groups (broad SMARTS) is 1. The van der Waals surface area contributed by atoms with E-state index in [1.165, 1.54) is 4.90 Å². The molecule has 0 bridgehead atoms. The molecule has 3 aromatic rings. The highest BCUT2D eigenvalue weighted by molar-refractivity contribution is 5.88. The Labute approximate surface area is 221 Å². The van der Waals surface area contributed by atoms with Crippen LogP contribution >= 0.6 is 0 Å². The summed E-state index contributed by atoms with van der Waals surface area (Å²) in [6, 6.07) is 24.6. The van der Waals surface area contributed by atoms with E-state index in [0.29, 0.717) is 0 Å². The highest BCUT2D eigenvalue weighted by Crippen LogP contribution is 2.44. The third kappa shape index (κ3) is 5.26. The second-order valence-corrected chi connectivity index (χ2v) is 9.73. The number of nitrogens with zero attached hydrogens (tertiary/aromatic N) is 1. The Kier molecular flexibility index (Phi) is 7.42. The molecule has 2 amide bonds. The number of benzene rings is 3. The van der Waals surface area contributed by atoms with Crippen LogP contribution in [0.5, 0.6) is 0 Å². The molecule has 2 atom stereocenters. The number of hydrogen-bond acceptors (Lipinski definition) is 5. The summed E-state index contributed by atoms with van der Waals surface area (Å²) >= 11 is 0. The number of carbonyl (C=O) groups is 3. The van der Waals surface area contributed by atoms with E-state index >= 15 is 0 Å². The maximum atomic E-state index is 13.3. The number of alkyl carbamates (subject to hydrolysis) is 1.